The number of nitrogens with zero attached hydrogens (tertiary/aromatic N) is 3. The maximum atomic E-state index is 6.09. The van der Waals surface area contributed by atoms with Gasteiger partial charge in [0.1, 0.15) is 5.75 Å². The molecule has 6 nitrogen and oxygen atoms in total. The lowest BCUT2D eigenvalue weighted by Crippen LogP contribution is -2.35. The van der Waals surface area contributed by atoms with Gasteiger partial charge in [0.15, 0.2) is 0 Å². The van der Waals surface area contributed by atoms with Gasteiger partial charge in [-0.25, -0.2) is 0 Å². The molecule has 1 fully saturated rings. The van der Waals surface area contributed by atoms with Crippen LogP contribution in [0.1, 0.15) is 24.3 Å². The van der Waals surface area contributed by atoms with Crippen molar-refractivity contribution >= 4 is 0 Å². The number of hydrogen-bond acceptors (Lipinski definition) is 6. The molecule has 0 spiro atoms. The van der Waals surface area contributed by atoms with E-state index in [4.69, 9.17) is 13.9 Å². The summed E-state index contributed by atoms with van der Waals surface area (Å²) < 4.78 is 17.3. The topological polar surface area (TPSA) is 70.3 Å². The standard InChI is InChI=1S/C19H19N3O3/c1-23-16-7-3-2-6-15(16)19(8-11-24-12-9-19)18-22-21-17(25-18)14-5-4-10-20-13-14/h2-7,10,13H,8-9,11-12H2,1H3. The molecule has 1 aliphatic rings. The molecule has 0 N–H and O–H groups in total. The van der Waals surface area contributed by atoms with Gasteiger partial charge in [-0.2, -0.15) is 0 Å². The Hall–Kier alpha value is -2.73. The van der Waals surface area contributed by atoms with Gasteiger partial charge in [-0.3, -0.25) is 4.98 Å². The highest BCUT2D eigenvalue weighted by atomic mass is 16.5. The van der Waals surface area contributed by atoms with Crippen LogP contribution in [0.25, 0.3) is 11.5 Å². The second kappa shape index (κ2) is 6.64. The van der Waals surface area contributed by atoms with Crippen molar-refractivity contribution in [2.75, 3.05) is 20.3 Å². The van der Waals surface area contributed by atoms with Gasteiger partial charge >= 0.3 is 0 Å². The van der Waals surface area contributed by atoms with Crippen molar-refractivity contribution in [1.29, 1.82) is 0 Å². The Morgan fingerprint density at radius 2 is 1.88 bits per heavy atom. The molecule has 0 amide bonds. The van der Waals surface area contributed by atoms with Crippen LogP contribution in [0.4, 0.5) is 0 Å². The van der Waals surface area contributed by atoms with Crippen molar-refractivity contribution < 1.29 is 13.9 Å². The van der Waals surface area contributed by atoms with Crippen LogP contribution >= 0.6 is 0 Å². The highest BCUT2D eigenvalue weighted by Gasteiger charge is 2.43. The fourth-order valence-corrected chi connectivity index (χ4v) is 3.38. The minimum Gasteiger partial charge on any atom is -0.496 e. The number of methoxy groups -OCH3 is 1. The van der Waals surface area contributed by atoms with Crippen molar-refractivity contribution in [3.63, 3.8) is 0 Å². The van der Waals surface area contributed by atoms with Crippen LogP contribution in [0.15, 0.2) is 53.2 Å². The second-order valence-electron chi connectivity index (χ2n) is 6.05. The third kappa shape index (κ3) is 2.78. The van der Waals surface area contributed by atoms with Gasteiger partial charge in [0.2, 0.25) is 11.8 Å². The minimum atomic E-state index is -0.404. The molecule has 1 aromatic carbocycles. The first kappa shape index (κ1) is 15.8. The maximum Gasteiger partial charge on any atom is 0.249 e. The van der Waals surface area contributed by atoms with E-state index >= 15 is 0 Å². The number of ether oxygens (including phenoxy) is 2. The largest absolute Gasteiger partial charge is 0.496 e. The number of hydrogen-bond donors (Lipinski definition) is 0. The highest BCUT2D eigenvalue weighted by Crippen LogP contribution is 2.44. The molecule has 128 valence electrons. The molecule has 0 atom stereocenters. The molecule has 3 heterocycles. The van der Waals surface area contributed by atoms with E-state index in [0.717, 1.165) is 29.7 Å². The van der Waals surface area contributed by atoms with Crippen molar-refractivity contribution in [2.45, 2.75) is 18.3 Å². The predicted molar refractivity (Wildman–Crippen MR) is 91.4 cm³/mol. The summed E-state index contributed by atoms with van der Waals surface area (Å²) in [6, 6.07) is 11.8. The minimum absolute atomic E-state index is 0.404. The number of para-hydroxylation sites is 1. The van der Waals surface area contributed by atoms with E-state index in [-0.39, 0.29) is 0 Å². The summed E-state index contributed by atoms with van der Waals surface area (Å²) in [5, 5.41) is 8.63. The average molecular weight is 337 g/mol. The summed E-state index contributed by atoms with van der Waals surface area (Å²) in [4.78, 5) is 4.12. The molecule has 1 saturated heterocycles. The summed E-state index contributed by atoms with van der Waals surface area (Å²) in [5.41, 5.74) is 1.46. The zero-order valence-electron chi connectivity index (χ0n) is 14.0. The second-order valence-corrected chi connectivity index (χ2v) is 6.05. The predicted octanol–water partition coefficient (Wildman–Crippen LogP) is 3.24. The molecule has 0 saturated carbocycles. The lowest BCUT2D eigenvalue weighted by atomic mass is 9.73. The van der Waals surface area contributed by atoms with Crippen molar-refractivity contribution in [3.8, 4) is 17.2 Å². The van der Waals surface area contributed by atoms with Gasteiger partial charge in [0.05, 0.1) is 18.1 Å². The van der Waals surface area contributed by atoms with E-state index in [1.54, 1.807) is 19.5 Å². The number of benzene rings is 1. The first-order valence-corrected chi connectivity index (χ1v) is 8.29. The van der Waals surface area contributed by atoms with Crippen molar-refractivity contribution in [3.05, 3.63) is 60.2 Å². The lowest BCUT2D eigenvalue weighted by Gasteiger charge is -2.35. The van der Waals surface area contributed by atoms with E-state index < -0.39 is 5.41 Å². The molecular weight excluding hydrogens is 318 g/mol. The molecule has 25 heavy (non-hydrogen) atoms. The monoisotopic (exact) mass is 337 g/mol. The first-order valence-electron chi connectivity index (χ1n) is 8.29. The van der Waals surface area contributed by atoms with Crippen LogP contribution in [0.3, 0.4) is 0 Å². The SMILES string of the molecule is COc1ccccc1C1(c2nnc(-c3cccnc3)o2)CCOCC1. The third-order valence-corrected chi connectivity index (χ3v) is 4.71. The Morgan fingerprint density at radius 3 is 2.64 bits per heavy atom. The smallest absolute Gasteiger partial charge is 0.249 e. The quantitative estimate of drug-likeness (QED) is 0.728. The summed E-state index contributed by atoms with van der Waals surface area (Å²) in [6.45, 7) is 1.28. The fourth-order valence-electron chi connectivity index (χ4n) is 3.38. The Balaban J connectivity index is 1.82. The molecule has 6 heteroatoms. The molecule has 0 aliphatic carbocycles. The zero-order chi connectivity index (χ0) is 17.1. The zero-order valence-corrected chi connectivity index (χ0v) is 14.0. The van der Waals surface area contributed by atoms with Crippen molar-refractivity contribution in [1.82, 2.24) is 15.2 Å². The summed E-state index contributed by atoms with van der Waals surface area (Å²) in [7, 11) is 1.68. The van der Waals surface area contributed by atoms with Crippen LogP contribution < -0.4 is 4.74 Å². The molecule has 0 bridgehead atoms. The normalized spacial score (nSPS) is 16.5. The molecular formula is C19H19N3O3. The van der Waals surface area contributed by atoms with E-state index in [1.807, 2.05) is 30.3 Å². The Labute approximate surface area is 145 Å². The third-order valence-electron chi connectivity index (χ3n) is 4.71. The lowest BCUT2D eigenvalue weighted by molar-refractivity contribution is 0.0538. The molecule has 0 radical (unpaired) electrons. The summed E-state index contributed by atoms with van der Waals surface area (Å²) in [6.07, 6.45) is 4.97. The van der Waals surface area contributed by atoms with E-state index in [2.05, 4.69) is 21.2 Å². The van der Waals surface area contributed by atoms with Crippen molar-refractivity contribution in [2.24, 2.45) is 0 Å². The van der Waals surface area contributed by atoms with Crippen LogP contribution in [0, 0.1) is 0 Å². The number of aromatic nitrogens is 3. The van der Waals surface area contributed by atoms with Crippen LogP contribution in [-0.2, 0) is 10.2 Å². The van der Waals surface area contributed by atoms with Crippen LogP contribution in [0.5, 0.6) is 5.75 Å². The van der Waals surface area contributed by atoms with Gasteiger partial charge < -0.3 is 13.9 Å². The molecule has 3 aromatic rings. The first-order chi connectivity index (χ1) is 12.3. The summed E-state index contributed by atoms with van der Waals surface area (Å²) in [5.74, 6) is 1.90. The van der Waals surface area contributed by atoms with Gasteiger partial charge in [-0.15, -0.1) is 10.2 Å². The summed E-state index contributed by atoms with van der Waals surface area (Å²) >= 11 is 0. The molecule has 4 rings (SSSR count). The molecule has 0 unspecified atom stereocenters. The molecule has 2 aromatic heterocycles. The van der Waals surface area contributed by atoms with Gasteiger partial charge in [-0.1, -0.05) is 18.2 Å². The number of rotatable bonds is 4. The average Bonchev–Trinajstić information content (AvgIpc) is 3.20. The Kier molecular flexibility index (Phi) is 4.19. The van der Waals surface area contributed by atoms with E-state index in [9.17, 15) is 0 Å². The Morgan fingerprint density at radius 1 is 1.04 bits per heavy atom. The van der Waals surface area contributed by atoms with Gasteiger partial charge in [0.25, 0.3) is 0 Å². The van der Waals surface area contributed by atoms with E-state index in [1.165, 1.54) is 0 Å². The number of pyridine rings is 1. The molecule has 1 aliphatic heterocycles. The van der Waals surface area contributed by atoms with E-state index in [0.29, 0.717) is 25.0 Å². The van der Waals surface area contributed by atoms with Gasteiger partial charge in [0, 0.05) is 31.2 Å². The maximum absolute atomic E-state index is 6.09. The fraction of sp³-hybridized carbons (Fsp3) is 0.316. The van der Waals surface area contributed by atoms with Crippen LogP contribution in [0.2, 0.25) is 0 Å². The highest BCUT2D eigenvalue weighted by molar-refractivity contribution is 5.51. The Bertz CT molecular complexity index is 842. The van der Waals surface area contributed by atoms with Gasteiger partial charge in [-0.05, 0) is 31.0 Å². The van der Waals surface area contributed by atoms with Crippen LogP contribution in [-0.4, -0.2) is 35.5 Å².